The lowest BCUT2D eigenvalue weighted by molar-refractivity contribution is -0.135. The maximum absolute atomic E-state index is 13.0. The van der Waals surface area contributed by atoms with Gasteiger partial charge >= 0.3 is 6.03 Å². The van der Waals surface area contributed by atoms with E-state index in [1.807, 2.05) is 38.1 Å². The fourth-order valence-electron chi connectivity index (χ4n) is 3.71. The first kappa shape index (κ1) is 18.4. The van der Waals surface area contributed by atoms with Crippen molar-refractivity contribution in [2.24, 2.45) is 5.73 Å². The third-order valence-electron chi connectivity index (χ3n) is 5.77. The van der Waals surface area contributed by atoms with Crippen molar-refractivity contribution in [2.45, 2.75) is 50.6 Å². The van der Waals surface area contributed by atoms with Crippen molar-refractivity contribution in [3.63, 3.8) is 0 Å². The molecule has 1 aromatic rings. The fraction of sp³-hybridized carbons (Fsp3) is 0.526. The first-order valence-electron chi connectivity index (χ1n) is 9.13. The summed E-state index contributed by atoms with van der Waals surface area (Å²) >= 11 is 0. The monoisotopic (exact) mass is 358 g/mol. The number of carbonyl (C=O) groups is 3. The highest BCUT2D eigenvalue weighted by Crippen LogP contribution is 2.41. The molecule has 7 heteroatoms. The molecule has 1 atom stereocenters. The van der Waals surface area contributed by atoms with Gasteiger partial charge in [0.25, 0.3) is 5.91 Å². The van der Waals surface area contributed by atoms with Crippen molar-refractivity contribution in [2.75, 3.05) is 13.1 Å². The Kier molecular flexibility index (Phi) is 4.75. The van der Waals surface area contributed by atoms with Gasteiger partial charge in [-0.2, -0.15) is 0 Å². The Morgan fingerprint density at radius 2 is 2.00 bits per heavy atom. The largest absolute Gasteiger partial charge is 0.353 e. The molecular weight excluding hydrogens is 332 g/mol. The quantitative estimate of drug-likeness (QED) is 0.660. The predicted molar refractivity (Wildman–Crippen MR) is 97.2 cm³/mol. The van der Waals surface area contributed by atoms with Crippen LogP contribution in [0.4, 0.5) is 4.79 Å². The number of imide groups is 1. The van der Waals surface area contributed by atoms with Crippen LogP contribution in [0.3, 0.4) is 0 Å². The lowest BCUT2D eigenvalue weighted by Crippen LogP contribution is -2.51. The molecule has 1 aromatic carbocycles. The van der Waals surface area contributed by atoms with Crippen LogP contribution >= 0.6 is 0 Å². The van der Waals surface area contributed by atoms with E-state index >= 15 is 0 Å². The summed E-state index contributed by atoms with van der Waals surface area (Å²) in [5, 5.41) is 5.57. The van der Waals surface area contributed by atoms with Gasteiger partial charge in [-0.3, -0.25) is 14.5 Å². The number of carbonyl (C=O) groups excluding carboxylic acids is 3. The van der Waals surface area contributed by atoms with Crippen LogP contribution in [0.5, 0.6) is 0 Å². The van der Waals surface area contributed by atoms with Gasteiger partial charge < -0.3 is 16.4 Å². The first-order chi connectivity index (χ1) is 12.3. The molecule has 0 aromatic heterocycles. The normalized spacial score (nSPS) is 21.9. The van der Waals surface area contributed by atoms with Crippen molar-refractivity contribution in [3.05, 3.63) is 35.4 Å². The van der Waals surface area contributed by atoms with Gasteiger partial charge in [-0.15, -0.1) is 0 Å². The molecule has 3 rings (SSSR count). The maximum Gasteiger partial charge on any atom is 0.325 e. The fourth-order valence-corrected chi connectivity index (χ4v) is 3.71. The minimum Gasteiger partial charge on any atom is -0.353 e. The van der Waals surface area contributed by atoms with Gasteiger partial charge in [0.15, 0.2) is 0 Å². The number of urea groups is 1. The van der Waals surface area contributed by atoms with Gasteiger partial charge in [-0.1, -0.05) is 38.1 Å². The summed E-state index contributed by atoms with van der Waals surface area (Å²) in [6.45, 7) is 3.96. The van der Waals surface area contributed by atoms with E-state index in [-0.39, 0.29) is 18.4 Å². The summed E-state index contributed by atoms with van der Waals surface area (Å²) in [7, 11) is 0. The number of nitrogens with one attached hydrogen (secondary N) is 2. The molecular formula is C19H26N4O3. The Hall–Kier alpha value is -2.41. The van der Waals surface area contributed by atoms with E-state index in [9.17, 15) is 14.4 Å². The molecule has 1 spiro atoms. The molecule has 0 radical (unpaired) electrons. The zero-order chi connectivity index (χ0) is 18.9. The van der Waals surface area contributed by atoms with Crippen LogP contribution in [0.2, 0.25) is 0 Å². The number of hydrogen-bond donors (Lipinski definition) is 3. The van der Waals surface area contributed by atoms with Crippen LogP contribution < -0.4 is 16.4 Å². The SMILES string of the molecule is CCC(N)(CC)CNC(=O)CN1C(=O)NC2(CCc3ccccc32)C1=O. The predicted octanol–water partition coefficient (Wildman–Crippen LogP) is 1.01. The van der Waals surface area contributed by atoms with E-state index in [1.54, 1.807) is 0 Å². The van der Waals surface area contributed by atoms with E-state index in [2.05, 4.69) is 10.6 Å². The lowest BCUT2D eigenvalue weighted by atomic mass is 9.92. The second-order valence-corrected chi connectivity index (χ2v) is 7.23. The summed E-state index contributed by atoms with van der Waals surface area (Å²) in [5.74, 6) is -0.735. The Labute approximate surface area is 153 Å². The standard InChI is InChI=1S/C19H26N4O3/c1-3-18(20,4-2)12-21-15(24)11-23-16(25)19(22-17(23)26)10-9-13-7-5-6-8-14(13)19/h5-8H,3-4,9-12,20H2,1-2H3,(H,21,24)(H,22,26). The van der Waals surface area contributed by atoms with Crippen molar-refractivity contribution in [3.8, 4) is 0 Å². The summed E-state index contributed by atoms with van der Waals surface area (Å²) < 4.78 is 0. The Morgan fingerprint density at radius 1 is 1.31 bits per heavy atom. The molecule has 1 saturated heterocycles. The highest BCUT2D eigenvalue weighted by molar-refractivity contribution is 6.09. The highest BCUT2D eigenvalue weighted by atomic mass is 16.2. The number of nitrogens with zero attached hydrogens (tertiary/aromatic N) is 1. The molecule has 0 saturated carbocycles. The van der Waals surface area contributed by atoms with Gasteiger partial charge in [0, 0.05) is 12.1 Å². The average molecular weight is 358 g/mol. The van der Waals surface area contributed by atoms with Gasteiger partial charge in [-0.05, 0) is 36.8 Å². The van der Waals surface area contributed by atoms with E-state index in [0.29, 0.717) is 13.0 Å². The summed E-state index contributed by atoms with van der Waals surface area (Å²) in [6, 6.07) is 7.10. The summed E-state index contributed by atoms with van der Waals surface area (Å²) in [6.07, 6.45) is 2.71. The molecule has 4 N–H and O–H groups in total. The molecule has 4 amide bonds. The van der Waals surface area contributed by atoms with Gasteiger partial charge in [0.05, 0.1) is 0 Å². The summed E-state index contributed by atoms with van der Waals surface area (Å²) in [5.41, 5.74) is 6.57. The molecule has 1 aliphatic carbocycles. The third-order valence-corrected chi connectivity index (χ3v) is 5.77. The molecule has 140 valence electrons. The third kappa shape index (κ3) is 2.96. The molecule has 1 unspecified atom stereocenters. The zero-order valence-corrected chi connectivity index (χ0v) is 15.3. The Morgan fingerprint density at radius 3 is 2.69 bits per heavy atom. The van der Waals surface area contributed by atoms with E-state index < -0.39 is 17.1 Å². The lowest BCUT2D eigenvalue weighted by Gasteiger charge is -2.27. The van der Waals surface area contributed by atoms with Crippen molar-refractivity contribution >= 4 is 17.8 Å². The molecule has 1 aliphatic heterocycles. The molecule has 0 bridgehead atoms. The maximum atomic E-state index is 13.0. The zero-order valence-electron chi connectivity index (χ0n) is 15.3. The van der Waals surface area contributed by atoms with Crippen molar-refractivity contribution < 1.29 is 14.4 Å². The van der Waals surface area contributed by atoms with Gasteiger partial charge in [-0.25, -0.2) is 4.79 Å². The molecule has 26 heavy (non-hydrogen) atoms. The molecule has 2 aliphatic rings. The minimum atomic E-state index is -1.03. The Balaban J connectivity index is 1.70. The average Bonchev–Trinajstić information content (AvgIpc) is 3.13. The number of fused-ring (bicyclic) bond motifs is 2. The second kappa shape index (κ2) is 6.72. The smallest absolute Gasteiger partial charge is 0.325 e. The Bertz CT molecular complexity index is 744. The van der Waals surface area contributed by atoms with E-state index in [0.717, 1.165) is 35.3 Å². The number of nitrogens with two attached hydrogens (primary N) is 1. The number of aryl methyl sites for hydroxylation is 1. The van der Waals surface area contributed by atoms with Crippen LogP contribution in [0, 0.1) is 0 Å². The van der Waals surface area contributed by atoms with Crippen LogP contribution in [0.15, 0.2) is 24.3 Å². The summed E-state index contributed by atoms with van der Waals surface area (Å²) in [4.78, 5) is 38.7. The minimum absolute atomic E-state index is 0.294. The van der Waals surface area contributed by atoms with Crippen LogP contribution in [-0.2, 0) is 21.5 Å². The second-order valence-electron chi connectivity index (χ2n) is 7.23. The molecule has 1 heterocycles. The van der Waals surface area contributed by atoms with Crippen LogP contribution in [-0.4, -0.2) is 41.4 Å². The van der Waals surface area contributed by atoms with Crippen LogP contribution in [0.1, 0.15) is 44.2 Å². The number of benzene rings is 1. The number of rotatable bonds is 6. The van der Waals surface area contributed by atoms with E-state index in [1.165, 1.54) is 0 Å². The highest BCUT2D eigenvalue weighted by Gasteiger charge is 2.55. The number of amides is 4. The molecule has 7 nitrogen and oxygen atoms in total. The van der Waals surface area contributed by atoms with Crippen molar-refractivity contribution in [1.29, 1.82) is 0 Å². The van der Waals surface area contributed by atoms with Gasteiger partial charge in [0.2, 0.25) is 5.91 Å². The topological polar surface area (TPSA) is 105 Å². The van der Waals surface area contributed by atoms with Crippen LogP contribution in [0.25, 0.3) is 0 Å². The van der Waals surface area contributed by atoms with E-state index in [4.69, 9.17) is 5.73 Å². The van der Waals surface area contributed by atoms with Crippen molar-refractivity contribution in [1.82, 2.24) is 15.5 Å². The number of hydrogen-bond acceptors (Lipinski definition) is 4. The first-order valence-corrected chi connectivity index (χ1v) is 9.13. The molecule has 1 fully saturated rings. The van der Waals surface area contributed by atoms with Gasteiger partial charge in [0.1, 0.15) is 12.1 Å².